The zero-order chi connectivity index (χ0) is 22.1. The average molecular weight is 444 g/mol. The predicted octanol–water partition coefficient (Wildman–Crippen LogP) is -0.794. The predicted molar refractivity (Wildman–Crippen MR) is 109 cm³/mol. The lowest BCUT2D eigenvalue weighted by molar-refractivity contribution is -0.376. The van der Waals surface area contributed by atoms with E-state index in [1.807, 2.05) is 12.5 Å². The molecule has 0 aromatic heterocycles. The summed E-state index contributed by atoms with van der Waals surface area (Å²) in [6.45, 7) is 3.85. The Kier molecular flexibility index (Phi) is 11.9. The van der Waals surface area contributed by atoms with Gasteiger partial charge in [0, 0.05) is 0 Å². The maximum Gasteiger partial charge on any atom is 0.351 e. The summed E-state index contributed by atoms with van der Waals surface area (Å²) in [5, 5.41) is 29.9. The molecule has 166 valence electrons. The largest absolute Gasteiger partial charge is 0.391 e. The summed E-state index contributed by atoms with van der Waals surface area (Å²) in [7, 11) is 0. The van der Waals surface area contributed by atoms with Gasteiger partial charge in [-0.3, -0.25) is 0 Å². The van der Waals surface area contributed by atoms with Crippen LogP contribution in [0.2, 0.25) is 0 Å². The minimum atomic E-state index is -1.77. The highest BCUT2D eigenvalue weighted by Gasteiger charge is 2.45. The molecule has 0 aliphatic carbocycles. The van der Waals surface area contributed by atoms with Crippen molar-refractivity contribution in [2.45, 2.75) is 63.1 Å². The zero-order valence-corrected chi connectivity index (χ0v) is 18.6. The highest BCUT2D eigenvalue weighted by molar-refractivity contribution is 7.98. The maximum absolute atomic E-state index is 12.5. The molecule has 0 bridgehead atoms. The number of hydroxylamine groups is 2. The Bertz CT molecular complexity index is 471. The van der Waals surface area contributed by atoms with Crippen molar-refractivity contribution in [1.82, 2.24) is 5.23 Å². The number of carbonyl (C=O) groups excluding carboxylic acids is 2. The molecular weight excluding hydrogens is 410 g/mol. The van der Waals surface area contributed by atoms with Crippen LogP contribution >= 0.6 is 23.5 Å². The van der Waals surface area contributed by atoms with Crippen LogP contribution in [0.5, 0.6) is 0 Å². The molecule has 0 saturated heterocycles. The van der Waals surface area contributed by atoms with E-state index in [0.717, 1.165) is 0 Å². The number of hydrogen-bond donors (Lipinski definition) is 5. The van der Waals surface area contributed by atoms with Crippen molar-refractivity contribution in [3.05, 3.63) is 0 Å². The molecule has 28 heavy (non-hydrogen) atoms. The van der Waals surface area contributed by atoms with Gasteiger partial charge in [0.2, 0.25) is 0 Å². The summed E-state index contributed by atoms with van der Waals surface area (Å²) >= 11 is 2.84. The third-order valence-corrected chi connectivity index (χ3v) is 5.57. The average Bonchev–Trinajstić information content (AvgIpc) is 2.62. The summed E-state index contributed by atoms with van der Waals surface area (Å²) in [5.41, 5.74) is 8.45. The van der Waals surface area contributed by atoms with Gasteiger partial charge in [0.1, 0.15) is 11.1 Å². The lowest BCUT2D eigenvalue weighted by atomic mass is 9.91. The van der Waals surface area contributed by atoms with Crippen molar-refractivity contribution < 1.29 is 34.6 Å². The van der Waals surface area contributed by atoms with Crippen molar-refractivity contribution >= 4 is 35.5 Å². The molecule has 5 atom stereocenters. The summed E-state index contributed by atoms with van der Waals surface area (Å²) < 4.78 is 0. The van der Waals surface area contributed by atoms with Crippen molar-refractivity contribution in [2.75, 3.05) is 24.0 Å². The molecule has 0 aromatic rings. The quantitative estimate of drug-likeness (QED) is 0.178. The molecule has 7 N–H and O–H groups in total. The first-order valence-electron chi connectivity index (χ1n) is 8.70. The van der Waals surface area contributed by atoms with E-state index in [0.29, 0.717) is 11.5 Å². The molecule has 0 amide bonds. The molecule has 0 rings (SSSR count). The van der Waals surface area contributed by atoms with Crippen LogP contribution in [-0.4, -0.2) is 86.0 Å². The Morgan fingerprint density at radius 1 is 0.893 bits per heavy atom. The second-order valence-corrected chi connectivity index (χ2v) is 8.56. The van der Waals surface area contributed by atoms with E-state index in [1.165, 1.54) is 44.3 Å². The Hall–Kier alpha value is -0.600. The van der Waals surface area contributed by atoms with Crippen LogP contribution in [0.4, 0.5) is 0 Å². The molecule has 10 nitrogen and oxygen atoms in total. The molecule has 0 aliphatic heterocycles. The number of nitrogens with zero attached hydrogens (tertiary/aromatic N) is 1. The fourth-order valence-electron chi connectivity index (χ4n) is 2.01. The van der Waals surface area contributed by atoms with E-state index in [1.54, 1.807) is 0 Å². The van der Waals surface area contributed by atoms with Gasteiger partial charge >= 0.3 is 11.9 Å². The molecule has 0 fully saturated rings. The van der Waals surface area contributed by atoms with Crippen LogP contribution < -0.4 is 11.5 Å². The number of rotatable bonds is 13. The molecule has 0 radical (unpaired) electrons. The zero-order valence-electron chi connectivity index (χ0n) is 17.0. The number of carbonyl (C=O) groups is 2. The smallest absolute Gasteiger partial charge is 0.351 e. The maximum atomic E-state index is 12.5. The number of thioether (sulfide) groups is 2. The van der Waals surface area contributed by atoms with Crippen LogP contribution in [0.3, 0.4) is 0 Å². The summed E-state index contributed by atoms with van der Waals surface area (Å²) in [6, 6.07) is 0. The number of aliphatic hydroxyl groups is 3. The molecule has 0 aliphatic rings. The van der Waals surface area contributed by atoms with E-state index in [4.69, 9.17) is 21.1 Å². The molecule has 0 heterocycles. The van der Waals surface area contributed by atoms with E-state index < -0.39 is 41.5 Å². The number of nitrogens with two attached hydrogens (primary N) is 2. The van der Waals surface area contributed by atoms with Crippen molar-refractivity contribution in [3.8, 4) is 0 Å². The van der Waals surface area contributed by atoms with Crippen LogP contribution in [0, 0.1) is 0 Å². The van der Waals surface area contributed by atoms with E-state index in [2.05, 4.69) is 0 Å². The number of hydrogen-bond acceptors (Lipinski definition) is 12. The second kappa shape index (κ2) is 12.2. The van der Waals surface area contributed by atoms with Gasteiger partial charge in [0.25, 0.3) is 0 Å². The molecule has 12 heteroatoms. The van der Waals surface area contributed by atoms with Crippen LogP contribution in [-0.2, 0) is 19.3 Å². The van der Waals surface area contributed by atoms with Gasteiger partial charge in [-0.15, -0.1) is 0 Å². The fraction of sp³-hybridized carbons (Fsp3) is 0.875. The Labute approximate surface area is 174 Å². The normalized spacial score (nSPS) is 19.2. The Morgan fingerprint density at radius 2 is 1.21 bits per heavy atom. The van der Waals surface area contributed by atoms with Crippen LogP contribution in [0.15, 0.2) is 0 Å². The first-order valence-corrected chi connectivity index (χ1v) is 11.5. The van der Waals surface area contributed by atoms with Gasteiger partial charge in [0.15, 0.2) is 6.23 Å². The van der Waals surface area contributed by atoms with Gasteiger partial charge in [0.05, 0.1) is 17.4 Å². The van der Waals surface area contributed by atoms with E-state index in [9.17, 15) is 24.9 Å². The highest BCUT2D eigenvalue weighted by Crippen LogP contribution is 2.21. The summed E-state index contributed by atoms with van der Waals surface area (Å²) in [4.78, 5) is 34.9. The van der Waals surface area contributed by atoms with Gasteiger partial charge in [-0.1, -0.05) is 0 Å². The van der Waals surface area contributed by atoms with Gasteiger partial charge in [-0.25, -0.2) is 9.59 Å². The topological polar surface area (TPSA) is 169 Å². The molecular formula is C16H33N3O7S2. The van der Waals surface area contributed by atoms with Crippen molar-refractivity contribution in [2.24, 2.45) is 11.5 Å². The minimum Gasteiger partial charge on any atom is -0.391 e. The lowest BCUT2D eigenvalue weighted by Crippen LogP contribution is -2.61. The Balaban J connectivity index is 5.41. The van der Waals surface area contributed by atoms with Crippen LogP contribution in [0.1, 0.15) is 33.6 Å². The Morgan fingerprint density at radius 3 is 1.43 bits per heavy atom. The van der Waals surface area contributed by atoms with Gasteiger partial charge in [-0.05, 0) is 57.6 Å². The van der Waals surface area contributed by atoms with Crippen molar-refractivity contribution in [1.29, 1.82) is 0 Å². The van der Waals surface area contributed by atoms with Gasteiger partial charge in [-0.2, -0.15) is 23.5 Å². The summed E-state index contributed by atoms with van der Waals surface area (Å²) in [5.74, 6) is -1.25. The van der Waals surface area contributed by atoms with Crippen molar-refractivity contribution in [3.63, 3.8) is 0 Å². The van der Waals surface area contributed by atoms with E-state index in [-0.39, 0.29) is 18.1 Å². The molecule has 5 unspecified atom stereocenters. The first-order chi connectivity index (χ1) is 12.9. The monoisotopic (exact) mass is 443 g/mol. The SMILES string of the molecule is CSCCC(N)(C(=O)ON(OC(=O)C(N)(CCSC)C(C)O)C(C)O)C(C)O. The molecule has 0 saturated carbocycles. The lowest BCUT2D eigenvalue weighted by Gasteiger charge is -2.34. The minimum absolute atomic E-state index is 0.0918. The molecule has 0 aromatic carbocycles. The second-order valence-electron chi connectivity index (χ2n) is 6.59. The third-order valence-electron chi connectivity index (χ3n) is 4.34. The summed E-state index contributed by atoms with van der Waals surface area (Å²) in [6.07, 6.45) is -0.266. The van der Waals surface area contributed by atoms with E-state index >= 15 is 0 Å². The fourth-order valence-corrected chi connectivity index (χ4v) is 3.09. The standard InChI is InChI=1S/C16H33N3O7S2/c1-10(20)15(17,6-8-27-4)13(23)25-19(12(3)22)26-14(24)16(18,11(2)21)7-9-28-5/h10-12,20-22H,6-9,17-18H2,1-5H3. The number of aliphatic hydroxyl groups excluding tert-OH is 3. The first kappa shape index (κ1) is 27.4. The van der Waals surface area contributed by atoms with Gasteiger partial charge < -0.3 is 36.5 Å². The molecule has 0 spiro atoms. The highest BCUT2D eigenvalue weighted by atomic mass is 32.2. The van der Waals surface area contributed by atoms with Crippen LogP contribution in [0.25, 0.3) is 0 Å². The third kappa shape index (κ3) is 7.34.